The van der Waals surface area contributed by atoms with E-state index in [-0.39, 0.29) is 0 Å². The van der Waals surface area contributed by atoms with E-state index in [1.54, 1.807) is 0 Å². The lowest BCUT2D eigenvalue weighted by atomic mass is 9.71. The van der Waals surface area contributed by atoms with Crippen LogP contribution in [0.2, 0.25) is 10.0 Å². The molecule has 112 valence electrons. The Hall–Kier alpha value is -0.280. The van der Waals surface area contributed by atoms with Crippen molar-refractivity contribution in [2.24, 2.45) is 5.41 Å². The summed E-state index contributed by atoms with van der Waals surface area (Å²) < 4.78 is 0. The van der Waals surface area contributed by atoms with Crippen LogP contribution in [0.25, 0.3) is 0 Å². The molecule has 0 aliphatic heterocycles. The summed E-state index contributed by atoms with van der Waals surface area (Å²) in [5, 5.41) is 15.2. The lowest BCUT2D eigenvalue weighted by molar-refractivity contribution is -0.0245. The van der Waals surface area contributed by atoms with Crippen LogP contribution in [0.1, 0.15) is 45.1 Å². The molecule has 0 bridgehead atoms. The minimum atomic E-state index is -0.594. The maximum absolute atomic E-state index is 10.6. The quantitative estimate of drug-likeness (QED) is 0.862. The number of aliphatic hydroxyl groups is 1. The van der Waals surface area contributed by atoms with Gasteiger partial charge in [-0.05, 0) is 43.2 Å². The van der Waals surface area contributed by atoms with E-state index in [2.05, 4.69) is 19.2 Å². The van der Waals surface area contributed by atoms with Gasteiger partial charge in [0, 0.05) is 28.7 Å². The highest BCUT2D eigenvalue weighted by Gasteiger charge is 2.36. The number of hydrogen-bond donors (Lipinski definition) is 2. The molecular weight excluding hydrogens is 293 g/mol. The number of hydrogen-bond acceptors (Lipinski definition) is 2. The van der Waals surface area contributed by atoms with Gasteiger partial charge in [0.15, 0.2) is 0 Å². The van der Waals surface area contributed by atoms with Gasteiger partial charge in [0.05, 0.1) is 5.60 Å². The Bertz CT molecular complexity index is 443. The zero-order valence-corrected chi connectivity index (χ0v) is 13.7. The molecule has 0 amide bonds. The van der Waals surface area contributed by atoms with Crippen molar-refractivity contribution in [2.75, 3.05) is 6.54 Å². The van der Waals surface area contributed by atoms with Crippen LogP contribution in [0.3, 0.4) is 0 Å². The van der Waals surface area contributed by atoms with E-state index < -0.39 is 5.60 Å². The van der Waals surface area contributed by atoms with Gasteiger partial charge in [-0.15, -0.1) is 0 Å². The van der Waals surface area contributed by atoms with Gasteiger partial charge in [0.25, 0.3) is 0 Å². The minimum Gasteiger partial charge on any atom is -0.389 e. The number of nitrogens with one attached hydrogen (secondary N) is 1. The Morgan fingerprint density at radius 2 is 1.65 bits per heavy atom. The molecule has 0 heterocycles. The van der Waals surface area contributed by atoms with Crippen LogP contribution in [-0.2, 0) is 6.54 Å². The first-order chi connectivity index (χ1) is 9.31. The molecule has 0 aromatic heterocycles. The third-order valence-corrected chi connectivity index (χ3v) is 5.06. The third kappa shape index (κ3) is 4.11. The van der Waals surface area contributed by atoms with Gasteiger partial charge in [0.2, 0.25) is 0 Å². The Balaban J connectivity index is 1.87. The largest absolute Gasteiger partial charge is 0.389 e. The van der Waals surface area contributed by atoms with Crippen LogP contribution in [0, 0.1) is 5.41 Å². The van der Waals surface area contributed by atoms with E-state index in [4.69, 9.17) is 23.2 Å². The molecule has 0 unspecified atom stereocenters. The SMILES string of the molecule is CC1(C)CCC(O)(CNCc2c(Cl)cccc2Cl)CC1. The van der Waals surface area contributed by atoms with E-state index in [0.717, 1.165) is 31.2 Å². The topological polar surface area (TPSA) is 32.3 Å². The lowest BCUT2D eigenvalue weighted by Gasteiger charge is -2.40. The van der Waals surface area contributed by atoms with Crippen molar-refractivity contribution in [1.29, 1.82) is 0 Å². The first-order valence-corrected chi connectivity index (χ1v) is 7.93. The zero-order valence-electron chi connectivity index (χ0n) is 12.2. The van der Waals surface area contributed by atoms with E-state index >= 15 is 0 Å². The first-order valence-electron chi connectivity index (χ1n) is 7.17. The number of benzene rings is 1. The van der Waals surface area contributed by atoms with Crippen molar-refractivity contribution in [3.8, 4) is 0 Å². The summed E-state index contributed by atoms with van der Waals surface area (Å²) in [7, 11) is 0. The van der Waals surface area contributed by atoms with E-state index in [9.17, 15) is 5.11 Å². The van der Waals surface area contributed by atoms with Gasteiger partial charge in [0.1, 0.15) is 0 Å². The Kier molecular flexibility index (Phi) is 5.01. The van der Waals surface area contributed by atoms with Crippen molar-refractivity contribution in [3.05, 3.63) is 33.8 Å². The van der Waals surface area contributed by atoms with Crippen molar-refractivity contribution < 1.29 is 5.11 Å². The van der Waals surface area contributed by atoms with Crippen molar-refractivity contribution in [1.82, 2.24) is 5.32 Å². The van der Waals surface area contributed by atoms with Crippen LogP contribution in [0.5, 0.6) is 0 Å². The van der Waals surface area contributed by atoms with Gasteiger partial charge in [-0.25, -0.2) is 0 Å². The van der Waals surface area contributed by atoms with Gasteiger partial charge in [-0.3, -0.25) is 0 Å². The molecule has 1 aromatic carbocycles. The van der Waals surface area contributed by atoms with Gasteiger partial charge in [-0.2, -0.15) is 0 Å². The Morgan fingerprint density at radius 1 is 1.10 bits per heavy atom. The summed E-state index contributed by atoms with van der Waals surface area (Å²) in [5.41, 5.74) is 0.664. The molecular formula is C16H23Cl2NO. The van der Waals surface area contributed by atoms with E-state index in [0.29, 0.717) is 28.5 Å². The van der Waals surface area contributed by atoms with Crippen LogP contribution >= 0.6 is 23.2 Å². The van der Waals surface area contributed by atoms with Crippen molar-refractivity contribution in [2.45, 2.75) is 51.7 Å². The molecule has 0 spiro atoms. The first kappa shape index (κ1) is 16.1. The van der Waals surface area contributed by atoms with Crippen LogP contribution < -0.4 is 5.32 Å². The normalized spacial score (nSPS) is 20.9. The maximum atomic E-state index is 10.6. The summed E-state index contributed by atoms with van der Waals surface area (Å²) >= 11 is 12.3. The fourth-order valence-corrected chi connectivity index (χ4v) is 3.22. The predicted octanol–water partition coefficient (Wildman–Crippen LogP) is 4.41. The van der Waals surface area contributed by atoms with Crippen molar-refractivity contribution in [3.63, 3.8) is 0 Å². The molecule has 2 nitrogen and oxygen atoms in total. The predicted molar refractivity (Wildman–Crippen MR) is 85.4 cm³/mol. The maximum Gasteiger partial charge on any atom is 0.0772 e. The fraction of sp³-hybridized carbons (Fsp3) is 0.625. The standard InChI is InChI=1S/C16H23Cl2NO/c1-15(2)6-8-16(20,9-7-15)11-19-10-12-13(17)4-3-5-14(12)18/h3-5,19-20H,6-11H2,1-2H3. The summed E-state index contributed by atoms with van der Waals surface area (Å²) in [6, 6.07) is 5.51. The molecule has 0 saturated heterocycles. The zero-order chi connectivity index (χ0) is 14.8. The average Bonchev–Trinajstić information content (AvgIpc) is 2.38. The molecule has 2 rings (SSSR count). The molecule has 0 atom stereocenters. The highest BCUT2D eigenvalue weighted by Crippen LogP contribution is 2.39. The molecule has 2 N–H and O–H groups in total. The molecule has 4 heteroatoms. The van der Waals surface area contributed by atoms with E-state index in [1.165, 1.54) is 0 Å². The third-order valence-electron chi connectivity index (χ3n) is 4.35. The molecule has 1 aromatic rings. The molecule has 1 aliphatic rings. The number of halogens is 2. The second kappa shape index (κ2) is 6.23. The summed E-state index contributed by atoms with van der Waals surface area (Å²) in [4.78, 5) is 0. The molecule has 1 saturated carbocycles. The lowest BCUT2D eigenvalue weighted by Crippen LogP contribution is -2.44. The monoisotopic (exact) mass is 315 g/mol. The smallest absolute Gasteiger partial charge is 0.0772 e. The van der Waals surface area contributed by atoms with Gasteiger partial charge < -0.3 is 10.4 Å². The van der Waals surface area contributed by atoms with Crippen LogP contribution in [0.15, 0.2) is 18.2 Å². The van der Waals surface area contributed by atoms with Gasteiger partial charge in [-0.1, -0.05) is 43.1 Å². The molecule has 1 aliphatic carbocycles. The average molecular weight is 316 g/mol. The molecule has 20 heavy (non-hydrogen) atoms. The van der Waals surface area contributed by atoms with E-state index in [1.807, 2.05) is 18.2 Å². The Labute approximate surface area is 131 Å². The minimum absolute atomic E-state index is 0.359. The van der Waals surface area contributed by atoms with Crippen molar-refractivity contribution >= 4 is 23.2 Å². The summed E-state index contributed by atoms with van der Waals surface area (Å²) in [5.74, 6) is 0. The van der Waals surface area contributed by atoms with Gasteiger partial charge >= 0.3 is 0 Å². The highest BCUT2D eigenvalue weighted by molar-refractivity contribution is 6.35. The summed E-state index contributed by atoms with van der Waals surface area (Å²) in [6.45, 7) is 5.71. The summed E-state index contributed by atoms with van der Waals surface area (Å²) in [6.07, 6.45) is 3.84. The van der Waals surface area contributed by atoms with Crippen LogP contribution in [-0.4, -0.2) is 17.3 Å². The second-order valence-electron chi connectivity index (χ2n) is 6.69. The number of rotatable bonds is 4. The Morgan fingerprint density at radius 3 is 2.20 bits per heavy atom. The highest BCUT2D eigenvalue weighted by atomic mass is 35.5. The van der Waals surface area contributed by atoms with Crippen LogP contribution in [0.4, 0.5) is 0 Å². The fourth-order valence-electron chi connectivity index (χ4n) is 2.69. The second-order valence-corrected chi connectivity index (χ2v) is 7.51. The molecule has 1 fully saturated rings. The molecule has 0 radical (unpaired) electrons.